The van der Waals surface area contributed by atoms with Crippen LogP contribution in [0.15, 0.2) is 68.2 Å². The lowest BCUT2D eigenvalue weighted by atomic mass is 10.1. The Morgan fingerprint density at radius 2 is 1.78 bits per heavy atom. The molecule has 0 radical (unpaired) electrons. The van der Waals surface area contributed by atoms with Gasteiger partial charge in [0.2, 0.25) is 11.6 Å². The fourth-order valence-electron chi connectivity index (χ4n) is 1.47. The highest BCUT2D eigenvalue weighted by Gasteiger charge is 2.09. The molecular weight excluding hydrogens is 232 g/mol. The molecule has 0 spiro atoms. The highest BCUT2D eigenvalue weighted by atomic mass is 16.5. The number of hydrogen-bond acceptors (Lipinski definition) is 6. The van der Waals surface area contributed by atoms with Gasteiger partial charge in [0, 0.05) is 6.07 Å². The second kappa shape index (κ2) is 4.62. The van der Waals surface area contributed by atoms with E-state index in [-0.39, 0.29) is 0 Å². The van der Waals surface area contributed by atoms with Crippen LogP contribution in [0, 0.1) is 0 Å². The maximum absolute atomic E-state index is 4.92. The summed E-state index contributed by atoms with van der Waals surface area (Å²) in [6.07, 6.45) is 2.96. The summed E-state index contributed by atoms with van der Waals surface area (Å²) in [5, 5.41) is 15.3. The quantitative estimate of drug-likeness (QED) is 0.653. The summed E-state index contributed by atoms with van der Waals surface area (Å²) in [6.45, 7) is 0. The second-order valence-corrected chi connectivity index (χ2v) is 3.48. The SMILES string of the molecule is c1ccc(-c2conc2N=Nc2ccon2)cc1. The molecule has 0 aliphatic heterocycles. The molecular formula is C12H8N4O2. The van der Waals surface area contributed by atoms with Gasteiger partial charge in [-0.05, 0) is 5.56 Å². The predicted molar refractivity (Wildman–Crippen MR) is 62.6 cm³/mol. The minimum Gasteiger partial charge on any atom is -0.362 e. The van der Waals surface area contributed by atoms with Crippen LogP contribution in [0.2, 0.25) is 0 Å². The van der Waals surface area contributed by atoms with Crippen molar-refractivity contribution < 1.29 is 9.05 Å². The first-order chi connectivity index (χ1) is 8.93. The zero-order valence-electron chi connectivity index (χ0n) is 9.22. The van der Waals surface area contributed by atoms with E-state index >= 15 is 0 Å². The van der Waals surface area contributed by atoms with Crippen LogP contribution >= 0.6 is 0 Å². The standard InChI is InChI=1S/C12H8N4O2/c1-2-4-9(5-3-1)10-8-18-16-12(10)14-13-11-6-7-17-15-11/h1-8H. The van der Waals surface area contributed by atoms with Gasteiger partial charge in [-0.25, -0.2) is 0 Å². The van der Waals surface area contributed by atoms with E-state index in [4.69, 9.17) is 4.52 Å². The molecule has 0 fully saturated rings. The van der Waals surface area contributed by atoms with Crippen LogP contribution in [0.4, 0.5) is 11.6 Å². The molecule has 0 N–H and O–H groups in total. The highest BCUT2D eigenvalue weighted by Crippen LogP contribution is 2.29. The van der Waals surface area contributed by atoms with Crippen molar-refractivity contribution in [1.82, 2.24) is 10.3 Å². The molecule has 0 atom stereocenters. The molecule has 3 rings (SSSR count). The minimum atomic E-state index is 0.386. The molecule has 18 heavy (non-hydrogen) atoms. The third kappa shape index (κ3) is 2.03. The summed E-state index contributed by atoms with van der Waals surface area (Å²) < 4.78 is 9.57. The van der Waals surface area contributed by atoms with E-state index in [1.165, 1.54) is 12.5 Å². The molecule has 6 heteroatoms. The highest BCUT2D eigenvalue weighted by molar-refractivity contribution is 5.71. The molecule has 0 bridgehead atoms. The van der Waals surface area contributed by atoms with Crippen molar-refractivity contribution in [2.45, 2.75) is 0 Å². The Hall–Kier alpha value is -2.76. The fraction of sp³-hybridized carbons (Fsp3) is 0. The monoisotopic (exact) mass is 240 g/mol. The molecule has 0 saturated heterocycles. The van der Waals surface area contributed by atoms with Crippen molar-refractivity contribution in [3.63, 3.8) is 0 Å². The molecule has 88 valence electrons. The van der Waals surface area contributed by atoms with E-state index in [9.17, 15) is 0 Å². The van der Waals surface area contributed by atoms with Crippen LogP contribution in [-0.4, -0.2) is 10.3 Å². The third-order valence-corrected chi connectivity index (χ3v) is 2.31. The Morgan fingerprint density at radius 1 is 0.889 bits per heavy atom. The number of azo groups is 1. The van der Waals surface area contributed by atoms with Gasteiger partial charge in [-0.15, -0.1) is 10.2 Å². The number of benzene rings is 1. The fourth-order valence-corrected chi connectivity index (χ4v) is 1.47. The van der Waals surface area contributed by atoms with Gasteiger partial charge in [-0.2, -0.15) is 0 Å². The number of hydrogen-bond donors (Lipinski definition) is 0. The molecule has 2 aromatic heterocycles. The number of aromatic nitrogens is 2. The lowest BCUT2D eigenvalue weighted by Crippen LogP contribution is -1.73. The molecule has 0 saturated carbocycles. The van der Waals surface area contributed by atoms with E-state index < -0.39 is 0 Å². The minimum absolute atomic E-state index is 0.386. The van der Waals surface area contributed by atoms with Crippen LogP contribution in [0.1, 0.15) is 0 Å². The normalized spacial score (nSPS) is 11.1. The second-order valence-electron chi connectivity index (χ2n) is 3.48. The van der Waals surface area contributed by atoms with Crippen molar-refractivity contribution in [3.05, 3.63) is 48.9 Å². The topological polar surface area (TPSA) is 76.8 Å². The Kier molecular flexibility index (Phi) is 2.67. The smallest absolute Gasteiger partial charge is 0.224 e. The van der Waals surface area contributed by atoms with Gasteiger partial charge in [-0.3, -0.25) is 0 Å². The molecule has 1 aromatic carbocycles. The van der Waals surface area contributed by atoms with Crippen LogP contribution in [0.5, 0.6) is 0 Å². The Bertz CT molecular complexity index is 644. The zero-order valence-corrected chi connectivity index (χ0v) is 9.22. The van der Waals surface area contributed by atoms with Gasteiger partial charge in [0.1, 0.15) is 12.5 Å². The number of rotatable bonds is 3. The Balaban J connectivity index is 1.93. The summed E-state index contributed by atoms with van der Waals surface area (Å²) in [4.78, 5) is 0. The van der Waals surface area contributed by atoms with Crippen LogP contribution in [0.25, 0.3) is 11.1 Å². The largest absolute Gasteiger partial charge is 0.362 e. The molecule has 3 aromatic rings. The van der Waals surface area contributed by atoms with E-state index in [1.54, 1.807) is 6.07 Å². The average molecular weight is 240 g/mol. The summed E-state index contributed by atoms with van der Waals surface area (Å²) >= 11 is 0. The first kappa shape index (κ1) is 10.4. The molecule has 0 amide bonds. The third-order valence-electron chi connectivity index (χ3n) is 2.31. The molecule has 0 unspecified atom stereocenters. The van der Waals surface area contributed by atoms with Crippen LogP contribution in [-0.2, 0) is 0 Å². The maximum atomic E-state index is 4.92. The first-order valence-electron chi connectivity index (χ1n) is 5.25. The van der Waals surface area contributed by atoms with Crippen molar-refractivity contribution in [3.8, 4) is 11.1 Å². The van der Waals surface area contributed by atoms with Gasteiger partial charge in [0.25, 0.3) is 0 Å². The van der Waals surface area contributed by atoms with Crippen LogP contribution < -0.4 is 0 Å². The maximum Gasteiger partial charge on any atom is 0.224 e. The van der Waals surface area contributed by atoms with Crippen molar-refractivity contribution in [1.29, 1.82) is 0 Å². The van der Waals surface area contributed by atoms with Crippen molar-refractivity contribution >= 4 is 11.6 Å². The summed E-state index contributed by atoms with van der Waals surface area (Å²) in [6, 6.07) is 11.3. The van der Waals surface area contributed by atoms with E-state index in [2.05, 4.69) is 25.1 Å². The first-order valence-corrected chi connectivity index (χ1v) is 5.25. The van der Waals surface area contributed by atoms with Gasteiger partial charge in [-0.1, -0.05) is 40.6 Å². The van der Waals surface area contributed by atoms with Gasteiger partial charge >= 0.3 is 0 Å². The lowest BCUT2D eigenvalue weighted by molar-refractivity contribution is 0.419. The zero-order chi connectivity index (χ0) is 12.2. The number of nitrogens with zero attached hydrogens (tertiary/aromatic N) is 4. The Morgan fingerprint density at radius 3 is 2.56 bits per heavy atom. The summed E-state index contributed by atoms with van der Waals surface area (Å²) in [7, 11) is 0. The predicted octanol–water partition coefficient (Wildman–Crippen LogP) is 3.75. The van der Waals surface area contributed by atoms with E-state index in [0.29, 0.717) is 11.6 Å². The summed E-state index contributed by atoms with van der Waals surface area (Å²) in [5.41, 5.74) is 1.75. The lowest BCUT2D eigenvalue weighted by Gasteiger charge is -1.94. The molecule has 6 nitrogen and oxygen atoms in total. The van der Waals surface area contributed by atoms with Crippen LogP contribution in [0.3, 0.4) is 0 Å². The average Bonchev–Trinajstić information content (AvgIpc) is 3.09. The van der Waals surface area contributed by atoms with E-state index in [1.807, 2.05) is 30.3 Å². The molecule has 0 aliphatic carbocycles. The molecule has 0 aliphatic rings. The van der Waals surface area contributed by atoms with Gasteiger partial charge < -0.3 is 9.05 Å². The summed E-state index contributed by atoms with van der Waals surface area (Å²) in [5.74, 6) is 0.793. The van der Waals surface area contributed by atoms with Gasteiger partial charge in [0.05, 0.1) is 5.56 Å². The van der Waals surface area contributed by atoms with Gasteiger partial charge in [0.15, 0.2) is 0 Å². The van der Waals surface area contributed by atoms with Crippen molar-refractivity contribution in [2.75, 3.05) is 0 Å². The van der Waals surface area contributed by atoms with E-state index in [0.717, 1.165) is 11.1 Å². The molecule has 2 heterocycles. The Labute approximate surface area is 102 Å². The van der Waals surface area contributed by atoms with Crippen molar-refractivity contribution in [2.24, 2.45) is 10.2 Å².